The Morgan fingerprint density at radius 1 is 1.09 bits per heavy atom. The molecule has 0 bridgehead atoms. The molecule has 1 aliphatic heterocycles. The number of piperazine rings is 1. The van der Waals surface area contributed by atoms with Crippen LogP contribution in [-0.2, 0) is 22.3 Å². The van der Waals surface area contributed by atoms with E-state index in [-0.39, 0.29) is 5.75 Å². The molecule has 0 atom stereocenters. The third-order valence-corrected chi connectivity index (χ3v) is 6.72. The quantitative estimate of drug-likeness (QED) is 0.832. The number of aryl methyl sites for hydroxylation is 1. The Morgan fingerprint density at radius 3 is 2.52 bits per heavy atom. The molecule has 0 aliphatic carbocycles. The molecule has 2 aromatic rings. The summed E-state index contributed by atoms with van der Waals surface area (Å²) in [5.74, 6) is 0.0964. The molecule has 1 aliphatic rings. The van der Waals surface area contributed by atoms with Gasteiger partial charge in [-0.2, -0.15) is 15.6 Å². The van der Waals surface area contributed by atoms with Crippen molar-refractivity contribution in [2.24, 2.45) is 0 Å². The molecule has 3 rings (SSSR count). The van der Waals surface area contributed by atoms with Gasteiger partial charge in [-0.05, 0) is 34.9 Å². The van der Waals surface area contributed by atoms with Crippen LogP contribution in [0.5, 0.6) is 0 Å². The lowest BCUT2D eigenvalue weighted by molar-refractivity contribution is 0.181. The number of nitrogens with zero attached hydrogens (tertiary/aromatic N) is 2. The summed E-state index contributed by atoms with van der Waals surface area (Å²) < 4.78 is 26.8. The Balaban J connectivity index is 1.57. The van der Waals surface area contributed by atoms with E-state index in [9.17, 15) is 8.42 Å². The average molecular weight is 351 g/mol. The van der Waals surface area contributed by atoms with E-state index in [1.165, 1.54) is 5.56 Å². The number of sulfonamides is 1. The van der Waals surface area contributed by atoms with Crippen LogP contribution in [0.3, 0.4) is 0 Å². The van der Waals surface area contributed by atoms with E-state index >= 15 is 0 Å². The number of hydrogen-bond acceptors (Lipinski definition) is 4. The molecule has 2 heterocycles. The lowest BCUT2D eigenvalue weighted by Gasteiger charge is -2.33. The van der Waals surface area contributed by atoms with Crippen molar-refractivity contribution < 1.29 is 8.42 Å². The molecule has 6 heteroatoms. The molecular weight excluding hydrogens is 328 g/mol. The number of benzene rings is 1. The molecule has 1 aromatic heterocycles. The van der Waals surface area contributed by atoms with Crippen molar-refractivity contribution in [3.05, 3.63) is 57.8 Å². The Hall–Kier alpha value is -1.21. The predicted molar refractivity (Wildman–Crippen MR) is 95.0 cm³/mol. The van der Waals surface area contributed by atoms with Crippen molar-refractivity contribution in [2.75, 3.05) is 26.2 Å². The summed E-state index contributed by atoms with van der Waals surface area (Å²) in [6, 6.07) is 9.87. The van der Waals surface area contributed by atoms with Gasteiger partial charge in [-0.1, -0.05) is 29.8 Å². The fourth-order valence-corrected chi connectivity index (χ4v) is 5.07. The third-order valence-electron chi connectivity index (χ3n) is 4.14. The summed E-state index contributed by atoms with van der Waals surface area (Å²) in [5.41, 5.74) is 3.27. The minimum absolute atomic E-state index is 0.0964. The zero-order chi connectivity index (χ0) is 16.3. The van der Waals surface area contributed by atoms with Gasteiger partial charge < -0.3 is 0 Å². The summed E-state index contributed by atoms with van der Waals surface area (Å²) in [6.07, 6.45) is 0. The van der Waals surface area contributed by atoms with Crippen LogP contribution in [0.25, 0.3) is 0 Å². The molecule has 1 fully saturated rings. The standard InChI is InChI=1S/C17H22N2O2S2/c1-15-3-2-4-16(11-15)14-23(20,21)19-8-6-18(7-9-19)12-17-5-10-22-13-17/h2-5,10-11,13H,6-9,12,14H2,1H3. The maximum absolute atomic E-state index is 12.6. The Labute approximate surface area is 142 Å². The first-order chi connectivity index (χ1) is 11.0. The molecular formula is C17H22N2O2S2. The van der Waals surface area contributed by atoms with Gasteiger partial charge in [-0.15, -0.1) is 0 Å². The molecule has 23 heavy (non-hydrogen) atoms. The summed E-state index contributed by atoms with van der Waals surface area (Å²) in [7, 11) is -3.23. The van der Waals surface area contributed by atoms with Crippen LogP contribution >= 0.6 is 11.3 Å². The first kappa shape index (κ1) is 16.6. The Kier molecular flexibility index (Phi) is 5.16. The van der Waals surface area contributed by atoms with Crippen molar-refractivity contribution in [3.63, 3.8) is 0 Å². The van der Waals surface area contributed by atoms with Crippen LogP contribution in [0.1, 0.15) is 16.7 Å². The van der Waals surface area contributed by atoms with E-state index in [0.29, 0.717) is 13.1 Å². The molecule has 0 saturated carbocycles. The molecule has 4 nitrogen and oxygen atoms in total. The van der Waals surface area contributed by atoms with Gasteiger partial charge in [0.25, 0.3) is 0 Å². The SMILES string of the molecule is Cc1cccc(CS(=O)(=O)N2CCN(Cc3ccsc3)CC2)c1. The normalized spacial score (nSPS) is 17.4. The van der Waals surface area contributed by atoms with E-state index < -0.39 is 10.0 Å². The second-order valence-electron chi connectivity index (χ2n) is 6.05. The van der Waals surface area contributed by atoms with Gasteiger partial charge in [0.2, 0.25) is 10.0 Å². The van der Waals surface area contributed by atoms with Gasteiger partial charge >= 0.3 is 0 Å². The van der Waals surface area contributed by atoms with Crippen molar-refractivity contribution in [1.82, 2.24) is 9.21 Å². The van der Waals surface area contributed by atoms with E-state index in [1.54, 1.807) is 15.6 Å². The monoisotopic (exact) mass is 350 g/mol. The molecule has 0 amide bonds. The van der Waals surface area contributed by atoms with E-state index in [2.05, 4.69) is 21.7 Å². The maximum atomic E-state index is 12.6. The van der Waals surface area contributed by atoms with Crippen LogP contribution in [0.15, 0.2) is 41.1 Å². The lowest BCUT2D eigenvalue weighted by atomic mass is 10.2. The average Bonchev–Trinajstić information content (AvgIpc) is 3.00. The third kappa shape index (κ3) is 4.41. The number of thiophene rings is 1. The molecule has 0 unspecified atom stereocenters. The molecule has 0 radical (unpaired) electrons. The highest BCUT2D eigenvalue weighted by Gasteiger charge is 2.27. The highest BCUT2D eigenvalue weighted by molar-refractivity contribution is 7.88. The lowest BCUT2D eigenvalue weighted by Crippen LogP contribution is -2.48. The summed E-state index contributed by atoms with van der Waals surface area (Å²) >= 11 is 1.70. The fraction of sp³-hybridized carbons (Fsp3) is 0.412. The summed E-state index contributed by atoms with van der Waals surface area (Å²) in [6.45, 7) is 5.65. The van der Waals surface area contributed by atoms with E-state index in [1.807, 2.05) is 31.2 Å². The zero-order valence-electron chi connectivity index (χ0n) is 13.3. The first-order valence-electron chi connectivity index (χ1n) is 7.80. The summed E-state index contributed by atoms with van der Waals surface area (Å²) in [4.78, 5) is 2.32. The highest BCUT2D eigenvalue weighted by atomic mass is 32.2. The predicted octanol–water partition coefficient (Wildman–Crippen LogP) is 2.70. The Bertz CT molecular complexity index is 734. The number of rotatable bonds is 5. The van der Waals surface area contributed by atoms with Crippen molar-refractivity contribution in [2.45, 2.75) is 19.2 Å². The largest absolute Gasteiger partial charge is 0.296 e. The smallest absolute Gasteiger partial charge is 0.218 e. The van der Waals surface area contributed by atoms with Gasteiger partial charge in [0.15, 0.2) is 0 Å². The number of hydrogen-bond donors (Lipinski definition) is 0. The maximum Gasteiger partial charge on any atom is 0.218 e. The van der Waals surface area contributed by atoms with Gasteiger partial charge in [-0.25, -0.2) is 8.42 Å². The zero-order valence-corrected chi connectivity index (χ0v) is 14.9. The van der Waals surface area contributed by atoms with Crippen LogP contribution < -0.4 is 0 Å². The van der Waals surface area contributed by atoms with Gasteiger partial charge in [0.05, 0.1) is 5.75 Å². The molecule has 1 saturated heterocycles. The van der Waals surface area contributed by atoms with Gasteiger partial charge in [-0.3, -0.25) is 4.90 Å². The van der Waals surface area contributed by atoms with Crippen LogP contribution in [-0.4, -0.2) is 43.8 Å². The second kappa shape index (κ2) is 7.13. The van der Waals surface area contributed by atoms with Gasteiger partial charge in [0, 0.05) is 32.7 Å². The minimum atomic E-state index is -3.23. The molecule has 1 aromatic carbocycles. The second-order valence-corrected chi connectivity index (χ2v) is 8.80. The highest BCUT2D eigenvalue weighted by Crippen LogP contribution is 2.16. The Morgan fingerprint density at radius 2 is 1.87 bits per heavy atom. The molecule has 124 valence electrons. The van der Waals surface area contributed by atoms with Crippen LogP contribution in [0.2, 0.25) is 0 Å². The molecule has 0 N–H and O–H groups in total. The van der Waals surface area contributed by atoms with Crippen molar-refractivity contribution >= 4 is 21.4 Å². The van der Waals surface area contributed by atoms with Crippen LogP contribution in [0, 0.1) is 6.92 Å². The minimum Gasteiger partial charge on any atom is -0.296 e. The van der Waals surface area contributed by atoms with Crippen molar-refractivity contribution in [3.8, 4) is 0 Å². The van der Waals surface area contributed by atoms with Crippen LogP contribution in [0.4, 0.5) is 0 Å². The summed E-state index contributed by atoms with van der Waals surface area (Å²) in [5, 5.41) is 4.23. The first-order valence-corrected chi connectivity index (χ1v) is 10.3. The van der Waals surface area contributed by atoms with E-state index in [4.69, 9.17) is 0 Å². The fourth-order valence-electron chi connectivity index (χ4n) is 2.91. The topological polar surface area (TPSA) is 40.6 Å². The van der Waals surface area contributed by atoms with Crippen molar-refractivity contribution in [1.29, 1.82) is 0 Å². The molecule has 0 spiro atoms. The van der Waals surface area contributed by atoms with E-state index in [0.717, 1.165) is 30.8 Å². The van der Waals surface area contributed by atoms with Gasteiger partial charge in [0.1, 0.15) is 0 Å².